The van der Waals surface area contributed by atoms with Gasteiger partial charge in [0, 0.05) is 19.8 Å². The minimum absolute atomic E-state index is 0.181. The predicted molar refractivity (Wildman–Crippen MR) is 83.9 cm³/mol. The van der Waals surface area contributed by atoms with E-state index in [0.717, 1.165) is 5.56 Å². The van der Waals surface area contributed by atoms with Gasteiger partial charge in [-0.3, -0.25) is 4.79 Å². The summed E-state index contributed by atoms with van der Waals surface area (Å²) in [5, 5.41) is 5.96. The maximum absolute atomic E-state index is 12.3. The van der Waals surface area contributed by atoms with Crippen LogP contribution < -0.4 is 10.6 Å². The molecule has 0 saturated carbocycles. The van der Waals surface area contributed by atoms with Crippen molar-refractivity contribution in [1.82, 2.24) is 4.98 Å². The number of nitrogens with zero attached hydrogens (tertiary/aromatic N) is 1. The quantitative estimate of drug-likeness (QED) is 0.890. The SMILES string of the molecule is CNc1ccc(Cl)c(C(=O)Nc2cccc(COC)c2)n1. The number of pyridine rings is 1. The van der Waals surface area contributed by atoms with Crippen LogP contribution in [-0.4, -0.2) is 25.0 Å². The zero-order chi connectivity index (χ0) is 15.2. The van der Waals surface area contributed by atoms with Crippen LogP contribution in [0.4, 0.5) is 11.5 Å². The van der Waals surface area contributed by atoms with E-state index < -0.39 is 0 Å². The Labute approximate surface area is 128 Å². The van der Waals surface area contributed by atoms with Crippen molar-refractivity contribution in [2.45, 2.75) is 6.61 Å². The van der Waals surface area contributed by atoms with Crippen molar-refractivity contribution in [3.05, 3.63) is 52.7 Å². The molecule has 110 valence electrons. The van der Waals surface area contributed by atoms with Crippen LogP contribution in [0, 0.1) is 0 Å². The van der Waals surface area contributed by atoms with E-state index in [-0.39, 0.29) is 11.6 Å². The standard InChI is InChI=1S/C15H16ClN3O2/c1-17-13-7-6-12(16)14(19-13)15(20)18-11-5-3-4-10(8-11)9-21-2/h3-8H,9H2,1-2H3,(H,17,19)(H,18,20). The van der Waals surface area contributed by atoms with Gasteiger partial charge in [0.1, 0.15) is 11.5 Å². The molecule has 1 heterocycles. The lowest BCUT2D eigenvalue weighted by Gasteiger charge is -2.09. The highest BCUT2D eigenvalue weighted by Crippen LogP contribution is 2.19. The van der Waals surface area contributed by atoms with Crippen LogP contribution in [0.5, 0.6) is 0 Å². The zero-order valence-electron chi connectivity index (χ0n) is 11.8. The summed E-state index contributed by atoms with van der Waals surface area (Å²) in [5.41, 5.74) is 1.82. The van der Waals surface area contributed by atoms with E-state index in [9.17, 15) is 4.79 Å². The van der Waals surface area contributed by atoms with Crippen molar-refractivity contribution in [3.63, 3.8) is 0 Å². The summed E-state index contributed by atoms with van der Waals surface area (Å²) in [5.74, 6) is 0.226. The molecule has 0 aliphatic carbocycles. The Kier molecular flexibility index (Phi) is 5.14. The Balaban J connectivity index is 2.19. The molecular weight excluding hydrogens is 290 g/mol. The number of halogens is 1. The number of carbonyl (C=O) groups excluding carboxylic acids is 1. The second kappa shape index (κ2) is 7.06. The van der Waals surface area contributed by atoms with Gasteiger partial charge in [-0.2, -0.15) is 0 Å². The third-order valence-electron chi connectivity index (χ3n) is 2.81. The minimum Gasteiger partial charge on any atom is -0.380 e. The molecule has 1 aromatic carbocycles. The second-order valence-electron chi connectivity index (χ2n) is 4.36. The summed E-state index contributed by atoms with van der Waals surface area (Å²) in [4.78, 5) is 16.4. The third-order valence-corrected chi connectivity index (χ3v) is 3.12. The molecule has 1 amide bonds. The Hall–Kier alpha value is -2.11. The fourth-order valence-corrected chi connectivity index (χ4v) is 2.03. The summed E-state index contributed by atoms with van der Waals surface area (Å²) in [7, 11) is 3.35. The van der Waals surface area contributed by atoms with E-state index in [2.05, 4.69) is 15.6 Å². The molecule has 0 bridgehead atoms. The molecule has 2 aromatic rings. The van der Waals surface area contributed by atoms with Crippen LogP contribution in [0.15, 0.2) is 36.4 Å². The molecule has 2 rings (SSSR count). The maximum atomic E-state index is 12.3. The van der Waals surface area contributed by atoms with E-state index in [4.69, 9.17) is 16.3 Å². The smallest absolute Gasteiger partial charge is 0.275 e. The highest BCUT2D eigenvalue weighted by molar-refractivity contribution is 6.34. The fourth-order valence-electron chi connectivity index (χ4n) is 1.84. The van der Waals surface area contributed by atoms with Gasteiger partial charge in [0.25, 0.3) is 5.91 Å². The number of amides is 1. The largest absolute Gasteiger partial charge is 0.380 e. The van der Waals surface area contributed by atoms with Crippen molar-refractivity contribution in [1.29, 1.82) is 0 Å². The number of methoxy groups -OCH3 is 1. The maximum Gasteiger partial charge on any atom is 0.275 e. The van der Waals surface area contributed by atoms with E-state index in [0.29, 0.717) is 23.1 Å². The molecule has 2 N–H and O–H groups in total. The Bertz CT molecular complexity index is 647. The van der Waals surface area contributed by atoms with Crippen LogP contribution in [0.3, 0.4) is 0 Å². The zero-order valence-corrected chi connectivity index (χ0v) is 12.6. The molecule has 1 aromatic heterocycles. The first-order valence-electron chi connectivity index (χ1n) is 6.37. The summed E-state index contributed by atoms with van der Waals surface area (Å²) in [6.07, 6.45) is 0. The molecule has 0 fully saturated rings. The lowest BCUT2D eigenvalue weighted by atomic mass is 10.2. The topological polar surface area (TPSA) is 63.2 Å². The highest BCUT2D eigenvalue weighted by atomic mass is 35.5. The van der Waals surface area contributed by atoms with Crippen molar-refractivity contribution >= 4 is 29.0 Å². The monoisotopic (exact) mass is 305 g/mol. The van der Waals surface area contributed by atoms with E-state index in [1.807, 2.05) is 18.2 Å². The number of hydrogen-bond donors (Lipinski definition) is 2. The highest BCUT2D eigenvalue weighted by Gasteiger charge is 2.13. The number of carbonyl (C=O) groups is 1. The van der Waals surface area contributed by atoms with Crippen molar-refractivity contribution in [2.75, 3.05) is 24.8 Å². The molecule has 0 saturated heterocycles. The number of benzene rings is 1. The lowest BCUT2D eigenvalue weighted by molar-refractivity contribution is 0.102. The van der Waals surface area contributed by atoms with Crippen molar-refractivity contribution < 1.29 is 9.53 Å². The summed E-state index contributed by atoms with van der Waals surface area (Å²) in [6.45, 7) is 0.484. The minimum atomic E-state index is -0.355. The first-order chi connectivity index (χ1) is 10.1. The molecular formula is C15H16ClN3O2. The molecule has 6 heteroatoms. The first-order valence-corrected chi connectivity index (χ1v) is 6.75. The van der Waals surface area contributed by atoms with Gasteiger partial charge in [0.05, 0.1) is 11.6 Å². The Morgan fingerprint density at radius 2 is 2.14 bits per heavy atom. The number of ether oxygens (including phenoxy) is 1. The number of nitrogens with one attached hydrogen (secondary N) is 2. The molecule has 0 spiro atoms. The first kappa shape index (κ1) is 15.3. The van der Waals surface area contributed by atoms with Crippen LogP contribution in [-0.2, 0) is 11.3 Å². The summed E-state index contributed by atoms with van der Waals surface area (Å²) in [6, 6.07) is 10.8. The van der Waals surface area contributed by atoms with Gasteiger partial charge in [0.15, 0.2) is 0 Å². The van der Waals surface area contributed by atoms with Crippen LogP contribution in [0.2, 0.25) is 5.02 Å². The van der Waals surface area contributed by atoms with E-state index in [1.165, 1.54) is 0 Å². The fraction of sp³-hybridized carbons (Fsp3) is 0.200. The number of hydrogen-bond acceptors (Lipinski definition) is 4. The van der Waals surface area contributed by atoms with E-state index in [1.54, 1.807) is 32.4 Å². The molecule has 0 radical (unpaired) electrons. The molecule has 0 aliphatic heterocycles. The van der Waals surface area contributed by atoms with Gasteiger partial charge >= 0.3 is 0 Å². The molecule has 5 nitrogen and oxygen atoms in total. The average Bonchev–Trinajstić information content (AvgIpc) is 2.48. The average molecular weight is 306 g/mol. The Morgan fingerprint density at radius 1 is 1.33 bits per heavy atom. The molecule has 0 aliphatic rings. The van der Waals surface area contributed by atoms with Crippen molar-refractivity contribution in [2.24, 2.45) is 0 Å². The summed E-state index contributed by atoms with van der Waals surface area (Å²) >= 11 is 6.02. The van der Waals surface area contributed by atoms with Crippen LogP contribution in [0.25, 0.3) is 0 Å². The molecule has 21 heavy (non-hydrogen) atoms. The number of rotatable bonds is 5. The molecule has 0 unspecified atom stereocenters. The van der Waals surface area contributed by atoms with E-state index >= 15 is 0 Å². The second-order valence-corrected chi connectivity index (χ2v) is 4.77. The number of anilines is 2. The van der Waals surface area contributed by atoms with Gasteiger partial charge < -0.3 is 15.4 Å². The van der Waals surface area contributed by atoms with Crippen LogP contribution >= 0.6 is 11.6 Å². The van der Waals surface area contributed by atoms with Gasteiger partial charge in [-0.25, -0.2) is 4.98 Å². The number of aromatic nitrogens is 1. The van der Waals surface area contributed by atoms with Gasteiger partial charge in [-0.05, 0) is 29.8 Å². The van der Waals surface area contributed by atoms with Crippen LogP contribution in [0.1, 0.15) is 16.1 Å². The van der Waals surface area contributed by atoms with Gasteiger partial charge in [0.2, 0.25) is 0 Å². The molecule has 0 atom stereocenters. The third kappa shape index (κ3) is 3.93. The Morgan fingerprint density at radius 3 is 2.86 bits per heavy atom. The lowest BCUT2D eigenvalue weighted by Crippen LogP contribution is -2.15. The van der Waals surface area contributed by atoms with Gasteiger partial charge in [-0.15, -0.1) is 0 Å². The predicted octanol–water partition coefficient (Wildman–Crippen LogP) is 3.18. The summed E-state index contributed by atoms with van der Waals surface area (Å²) < 4.78 is 5.07. The van der Waals surface area contributed by atoms with Gasteiger partial charge in [-0.1, -0.05) is 23.7 Å². The van der Waals surface area contributed by atoms with Crippen molar-refractivity contribution in [3.8, 4) is 0 Å². The normalized spacial score (nSPS) is 10.2.